The number of hydrogen-bond acceptors (Lipinski definition) is 3. The van der Waals surface area contributed by atoms with Crippen LogP contribution in [0.5, 0.6) is 0 Å². The number of rotatable bonds is 5. The van der Waals surface area contributed by atoms with E-state index in [2.05, 4.69) is 34.9 Å². The number of nitrogens with one attached hydrogen (secondary N) is 1. The van der Waals surface area contributed by atoms with Crippen molar-refractivity contribution >= 4 is 0 Å². The number of imidazole rings is 1. The van der Waals surface area contributed by atoms with Gasteiger partial charge in [-0.3, -0.25) is 0 Å². The first-order valence-corrected chi connectivity index (χ1v) is 6.57. The van der Waals surface area contributed by atoms with Crippen LogP contribution in [0, 0.1) is 5.92 Å². The summed E-state index contributed by atoms with van der Waals surface area (Å²) in [5.41, 5.74) is 0. The molecule has 1 saturated heterocycles. The van der Waals surface area contributed by atoms with E-state index in [9.17, 15) is 0 Å². The van der Waals surface area contributed by atoms with E-state index in [1.165, 1.54) is 0 Å². The van der Waals surface area contributed by atoms with E-state index < -0.39 is 0 Å². The summed E-state index contributed by atoms with van der Waals surface area (Å²) in [6.45, 7) is 6.34. The number of aromatic nitrogens is 2. The Morgan fingerprint density at radius 2 is 2.47 bits per heavy atom. The Morgan fingerprint density at radius 1 is 1.65 bits per heavy atom. The van der Waals surface area contributed by atoms with Gasteiger partial charge in [0.25, 0.3) is 0 Å². The van der Waals surface area contributed by atoms with E-state index in [4.69, 9.17) is 4.74 Å². The molecule has 17 heavy (non-hydrogen) atoms. The van der Waals surface area contributed by atoms with Gasteiger partial charge >= 0.3 is 0 Å². The molecule has 0 aromatic carbocycles. The fraction of sp³-hybridized carbons (Fsp3) is 0.769. The third-order valence-electron chi connectivity index (χ3n) is 3.57. The van der Waals surface area contributed by atoms with Crippen LogP contribution in [-0.2, 0) is 11.3 Å². The van der Waals surface area contributed by atoms with Gasteiger partial charge in [-0.25, -0.2) is 4.98 Å². The number of hydrogen-bond donors (Lipinski definition) is 1. The van der Waals surface area contributed by atoms with Gasteiger partial charge < -0.3 is 14.6 Å². The molecular weight excluding hydrogens is 214 g/mol. The SMILES string of the molecule is CCCn1ccnc1C(NC)C1OCCC1C. The summed E-state index contributed by atoms with van der Waals surface area (Å²) in [6.07, 6.45) is 6.47. The highest BCUT2D eigenvalue weighted by Crippen LogP contribution is 2.30. The van der Waals surface area contributed by atoms with Crippen molar-refractivity contribution in [2.75, 3.05) is 13.7 Å². The lowest BCUT2D eigenvalue weighted by atomic mass is 9.97. The van der Waals surface area contributed by atoms with Gasteiger partial charge in [0.05, 0.1) is 12.1 Å². The highest BCUT2D eigenvalue weighted by molar-refractivity contribution is 5.04. The van der Waals surface area contributed by atoms with Gasteiger partial charge in [-0.15, -0.1) is 0 Å². The van der Waals surface area contributed by atoms with E-state index in [1.807, 2.05) is 13.2 Å². The number of nitrogens with zero attached hydrogens (tertiary/aromatic N) is 2. The minimum atomic E-state index is 0.203. The first-order valence-electron chi connectivity index (χ1n) is 6.57. The Kier molecular flexibility index (Phi) is 4.18. The van der Waals surface area contributed by atoms with Crippen LogP contribution in [0.2, 0.25) is 0 Å². The Hall–Kier alpha value is -0.870. The Balaban J connectivity index is 2.19. The van der Waals surface area contributed by atoms with E-state index in [1.54, 1.807) is 0 Å². The summed E-state index contributed by atoms with van der Waals surface area (Å²) in [6, 6.07) is 0.203. The topological polar surface area (TPSA) is 39.1 Å². The number of aryl methyl sites for hydroxylation is 1. The molecule has 0 amide bonds. The first-order chi connectivity index (χ1) is 8.27. The van der Waals surface area contributed by atoms with Crippen molar-refractivity contribution in [3.8, 4) is 0 Å². The van der Waals surface area contributed by atoms with Gasteiger partial charge in [-0.05, 0) is 25.8 Å². The van der Waals surface area contributed by atoms with Crippen LogP contribution in [0.3, 0.4) is 0 Å². The van der Waals surface area contributed by atoms with Crippen molar-refractivity contribution in [3.63, 3.8) is 0 Å². The smallest absolute Gasteiger partial charge is 0.128 e. The standard InChI is InChI=1S/C13H23N3O/c1-4-7-16-8-6-15-13(16)11(14-3)12-10(2)5-9-17-12/h6,8,10-12,14H,4-5,7,9H2,1-3H3. The summed E-state index contributed by atoms with van der Waals surface area (Å²) in [5, 5.41) is 3.37. The maximum absolute atomic E-state index is 5.86. The van der Waals surface area contributed by atoms with Crippen molar-refractivity contribution in [1.29, 1.82) is 0 Å². The van der Waals surface area contributed by atoms with E-state index >= 15 is 0 Å². The monoisotopic (exact) mass is 237 g/mol. The molecular formula is C13H23N3O. The van der Waals surface area contributed by atoms with Crippen LogP contribution in [0.25, 0.3) is 0 Å². The van der Waals surface area contributed by atoms with E-state index in [0.717, 1.165) is 31.8 Å². The highest BCUT2D eigenvalue weighted by atomic mass is 16.5. The fourth-order valence-electron chi connectivity index (χ4n) is 2.61. The van der Waals surface area contributed by atoms with Crippen LogP contribution in [0.15, 0.2) is 12.4 Å². The van der Waals surface area contributed by atoms with Crippen molar-refractivity contribution in [2.24, 2.45) is 5.92 Å². The van der Waals surface area contributed by atoms with E-state index in [-0.39, 0.29) is 12.1 Å². The van der Waals surface area contributed by atoms with Gasteiger partial charge in [0, 0.05) is 25.5 Å². The molecule has 0 bridgehead atoms. The van der Waals surface area contributed by atoms with Crippen molar-refractivity contribution in [2.45, 2.75) is 45.4 Å². The lowest BCUT2D eigenvalue weighted by molar-refractivity contribution is 0.0594. The molecule has 0 aliphatic carbocycles. The molecule has 4 heteroatoms. The molecule has 1 aliphatic rings. The molecule has 4 nitrogen and oxygen atoms in total. The Morgan fingerprint density at radius 3 is 3.06 bits per heavy atom. The van der Waals surface area contributed by atoms with Crippen LogP contribution in [0.4, 0.5) is 0 Å². The third-order valence-corrected chi connectivity index (χ3v) is 3.57. The Labute approximate surface area is 103 Å². The van der Waals surface area contributed by atoms with Gasteiger partial charge in [0.2, 0.25) is 0 Å². The average molecular weight is 237 g/mol. The van der Waals surface area contributed by atoms with Gasteiger partial charge in [0.15, 0.2) is 0 Å². The average Bonchev–Trinajstić information content (AvgIpc) is 2.92. The Bertz CT molecular complexity index is 350. The zero-order valence-corrected chi connectivity index (χ0v) is 11.0. The zero-order chi connectivity index (χ0) is 12.3. The van der Waals surface area contributed by atoms with Crippen molar-refractivity contribution in [3.05, 3.63) is 18.2 Å². The normalized spacial score (nSPS) is 26.3. The molecule has 2 rings (SSSR count). The minimum absolute atomic E-state index is 0.203. The lowest BCUT2D eigenvalue weighted by Gasteiger charge is -2.26. The van der Waals surface area contributed by atoms with Crippen LogP contribution < -0.4 is 5.32 Å². The molecule has 1 aromatic rings. The maximum Gasteiger partial charge on any atom is 0.128 e. The van der Waals surface area contributed by atoms with E-state index in [0.29, 0.717) is 5.92 Å². The van der Waals surface area contributed by atoms with Gasteiger partial charge in [-0.1, -0.05) is 13.8 Å². The third kappa shape index (κ3) is 2.53. The molecule has 0 saturated carbocycles. The van der Waals surface area contributed by atoms with Crippen molar-refractivity contribution < 1.29 is 4.74 Å². The van der Waals surface area contributed by atoms with Gasteiger partial charge in [-0.2, -0.15) is 0 Å². The molecule has 0 spiro atoms. The quantitative estimate of drug-likeness (QED) is 0.851. The molecule has 0 radical (unpaired) electrons. The van der Waals surface area contributed by atoms with Crippen LogP contribution in [-0.4, -0.2) is 29.3 Å². The molecule has 1 aliphatic heterocycles. The van der Waals surface area contributed by atoms with Crippen LogP contribution in [0.1, 0.15) is 38.6 Å². The lowest BCUT2D eigenvalue weighted by Crippen LogP contribution is -2.34. The summed E-state index contributed by atoms with van der Waals surface area (Å²) in [5.74, 6) is 1.70. The largest absolute Gasteiger partial charge is 0.376 e. The van der Waals surface area contributed by atoms with Crippen LogP contribution >= 0.6 is 0 Å². The second-order valence-corrected chi connectivity index (χ2v) is 4.85. The number of likely N-dealkylation sites (N-methyl/N-ethyl adjacent to an activating group) is 1. The van der Waals surface area contributed by atoms with Crippen molar-refractivity contribution in [1.82, 2.24) is 14.9 Å². The predicted octanol–water partition coefficient (Wildman–Crippen LogP) is 1.98. The second kappa shape index (κ2) is 5.65. The molecule has 96 valence electrons. The summed E-state index contributed by atoms with van der Waals surface area (Å²) in [4.78, 5) is 4.51. The zero-order valence-electron chi connectivity index (χ0n) is 11.0. The molecule has 3 atom stereocenters. The second-order valence-electron chi connectivity index (χ2n) is 4.85. The summed E-state index contributed by atoms with van der Waals surface area (Å²) in [7, 11) is 1.99. The van der Waals surface area contributed by atoms with Gasteiger partial charge in [0.1, 0.15) is 5.82 Å². The molecule has 1 fully saturated rings. The molecule has 1 N–H and O–H groups in total. The molecule has 3 unspecified atom stereocenters. The fourth-order valence-corrected chi connectivity index (χ4v) is 2.61. The summed E-state index contributed by atoms with van der Waals surface area (Å²) >= 11 is 0. The molecule has 2 heterocycles. The summed E-state index contributed by atoms with van der Waals surface area (Å²) < 4.78 is 8.09. The number of ether oxygens (including phenoxy) is 1. The predicted molar refractivity (Wildman–Crippen MR) is 67.8 cm³/mol. The first kappa shape index (κ1) is 12.6. The maximum atomic E-state index is 5.86. The highest BCUT2D eigenvalue weighted by Gasteiger charge is 2.34. The minimum Gasteiger partial charge on any atom is -0.376 e. The molecule has 1 aromatic heterocycles.